The fourth-order valence-corrected chi connectivity index (χ4v) is 4.68. The average molecular weight is 554 g/mol. The Bertz CT molecular complexity index is 1050. The molecule has 1 aliphatic rings. The summed E-state index contributed by atoms with van der Waals surface area (Å²) < 4.78 is 39.8. The standard InChI is InChI=1S/C21H18BrCl2F3N2O3/c1-28(19(30)12-6-13(21(25,26)27)9-14(22)7-12)18-4-5-29(20(31)32)10-15(18)11-2-3-16(23)17(24)8-11/h2-3,6-9,15,18H,4-5,10H2,1H3,(H,31,32)/t15-,18+/m0/s1. The van der Waals surface area contributed by atoms with Crippen molar-refractivity contribution in [3.63, 3.8) is 0 Å². The second-order valence-electron chi connectivity index (χ2n) is 7.51. The molecule has 2 atom stereocenters. The van der Waals surface area contributed by atoms with Crippen LogP contribution in [0.25, 0.3) is 0 Å². The van der Waals surface area contributed by atoms with Gasteiger partial charge in [-0.05, 0) is 42.3 Å². The molecule has 1 saturated heterocycles. The predicted molar refractivity (Wildman–Crippen MR) is 118 cm³/mol. The van der Waals surface area contributed by atoms with Crippen LogP contribution in [0.4, 0.5) is 18.0 Å². The molecule has 0 aromatic heterocycles. The summed E-state index contributed by atoms with van der Waals surface area (Å²) in [6.45, 7) is 0.281. The molecule has 1 N–H and O–H groups in total. The zero-order valence-electron chi connectivity index (χ0n) is 16.7. The van der Waals surface area contributed by atoms with Crippen molar-refractivity contribution in [3.05, 3.63) is 67.6 Å². The average Bonchev–Trinajstić information content (AvgIpc) is 2.73. The van der Waals surface area contributed by atoms with Gasteiger partial charge in [0, 0.05) is 42.1 Å². The van der Waals surface area contributed by atoms with Crippen LogP contribution in [0.5, 0.6) is 0 Å². The van der Waals surface area contributed by atoms with Gasteiger partial charge in [0.15, 0.2) is 0 Å². The molecule has 172 valence electrons. The van der Waals surface area contributed by atoms with Gasteiger partial charge >= 0.3 is 12.3 Å². The van der Waals surface area contributed by atoms with Gasteiger partial charge in [-0.1, -0.05) is 45.2 Å². The Labute approximate surface area is 200 Å². The molecular weight excluding hydrogens is 536 g/mol. The molecule has 0 unspecified atom stereocenters. The van der Waals surface area contributed by atoms with Crippen molar-refractivity contribution in [2.24, 2.45) is 0 Å². The van der Waals surface area contributed by atoms with Gasteiger partial charge in [0.25, 0.3) is 5.91 Å². The Hall–Kier alpha value is -1.97. The first-order valence-corrected chi connectivity index (χ1v) is 11.0. The topological polar surface area (TPSA) is 60.9 Å². The van der Waals surface area contributed by atoms with Gasteiger partial charge in [0.1, 0.15) is 0 Å². The maximum atomic E-state index is 13.2. The fourth-order valence-electron chi connectivity index (χ4n) is 3.88. The van der Waals surface area contributed by atoms with Crippen LogP contribution >= 0.6 is 39.1 Å². The van der Waals surface area contributed by atoms with Gasteiger partial charge in [0.05, 0.1) is 15.6 Å². The molecule has 11 heteroatoms. The highest BCUT2D eigenvalue weighted by Crippen LogP contribution is 2.36. The van der Waals surface area contributed by atoms with Crippen LogP contribution in [-0.4, -0.2) is 53.1 Å². The Morgan fingerprint density at radius 3 is 2.44 bits per heavy atom. The van der Waals surface area contributed by atoms with E-state index in [4.69, 9.17) is 23.2 Å². The number of likely N-dealkylation sites (N-methyl/N-ethyl adjacent to an activating group) is 1. The number of carboxylic acid groups (broad SMARTS) is 1. The van der Waals surface area contributed by atoms with Crippen molar-refractivity contribution in [2.45, 2.75) is 24.6 Å². The summed E-state index contributed by atoms with van der Waals surface area (Å²) in [6.07, 6.45) is -5.39. The Balaban J connectivity index is 1.96. The van der Waals surface area contributed by atoms with Gasteiger partial charge in [-0.3, -0.25) is 4.79 Å². The zero-order chi connectivity index (χ0) is 23.8. The summed E-state index contributed by atoms with van der Waals surface area (Å²) in [5.41, 5.74) is -0.381. The fraction of sp³-hybridized carbons (Fsp3) is 0.333. The van der Waals surface area contributed by atoms with E-state index in [0.29, 0.717) is 17.0 Å². The molecule has 2 amide bonds. The van der Waals surface area contributed by atoms with Crippen LogP contribution in [0.1, 0.15) is 33.8 Å². The van der Waals surface area contributed by atoms with E-state index in [0.717, 1.165) is 12.1 Å². The molecule has 0 radical (unpaired) electrons. The van der Waals surface area contributed by atoms with Gasteiger partial charge in [-0.15, -0.1) is 0 Å². The maximum absolute atomic E-state index is 13.2. The summed E-state index contributed by atoms with van der Waals surface area (Å²) in [4.78, 5) is 27.3. The third kappa shape index (κ3) is 5.32. The predicted octanol–water partition coefficient (Wildman–Crippen LogP) is 6.38. The van der Waals surface area contributed by atoms with Crippen LogP contribution in [0, 0.1) is 0 Å². The minimum atomic E-state index is -4.60. The van der Waals surface area contributed by atoms with Gasteiger partial charge in [0.2, 0.25) is 0 Å². The summed E-state index contributed by atoms with van der Waals surface area (Å²) in [6, 6.07) is 7.48. The van der Waals surface area contributed by atoms with Gasteiger partial charge in [-0.25, -0.2) is 4.79 Å². The lowest BCUT2D eigenvalue weighted by atomic mass is 9.85. The number of hydrogen-bond acceptors (Lipinski definition) is 2. The highest BCUT2D eigenvalue weighted by Gasteiger charge is 2.38. The Morgan fingerprint density at radius 1 is 1.16 bits per heavy atom. The molecule has 1 fully saturated rings. The smallest absolute Gasteiger partial charge is 0.416 e. The molecule has 2 aromatic rings. The molecule has 0 bridgehead atoms. The molecule has 0 spiro atoms. The van der Waals surface area contributed by atoms with Crippen LogP contribution in [0.2, 0.25) is 10.0 Å². The number of alkyl halides is 3. The normalized spacial score (nSPS) is 19.0. The molecule has 3 rings (SSSR count). The van der Waals surface area contributed by atoms with Crippen molar-refractivity contribution in [2.75, 3.05) is 20.1 Å². The Morgan fingerprint density at radius 2 is 1.84 bits per heavy atom. The van der Waals surface area contributed by atoms with E-state index in [-0.39, 0.29) is 28.1 Å². The van der Waals surface area contributed by atoms with Crippen molar-refractivity contribution in [3.8, 4) is 0 Å². The van der Waals surface area contributed by atoms with Crippen molar-refractivity contribution in [1.82, 2.24) is 9.80 Å². The van der Waals surface area contributed by atoms with E-state index in [1.54, 1.807) is 18.2 Å². The number of rotatable bonds is 3. The SMILES string of the molecule is CN(C(=O)c1cc(Br)cc(C(F)(F)F)c1)[C@@H]1CCN(C(=O)O)C[C@H]1c1ccc(Cl)c(Cl)c1. The van der Waals surface area contributed by atoms with Gasteiger partial charge < -0.3 is 14.9 Å². The number of nitrogens with zero attached hydrogens (tertiary/aromatic N) is 2. The summed E-state index contributed by atoms with van der Waals surface area (Å²) in [7, 11) is 1.50. The lowest BCUT2D eigenvalue weighted by Gasteiger charge is -2.42. The number of carbonyl (C=O) groups excluding carboxylic acids is 1. The van der Waals surface area contributed by atoms with Crippen molar-refractivity contribution in [1.29, 1.82) is 0 Å². The van der Waals surface area contributed by atoms with Crippen LogP contribution < -0.4 is 0 Å². The van der Waals surface area contributed by atoms with E-state index < -0.39 is 35.7 Å². The molecule has 5 nitrogen and oxygen atoms in total. The van der Waals surface area contributed by atoms with E-state index in [1.807, 2.05) is 0 Å². The van der Waals surface area contributed by atoms with E-state index in [2.05, 4.69) is 15.9 Å². The number of piperidine rings is 1. The molecule has 0 saturated carbocycles. The minimum absolute atomic E-state index is 0.0991. The van der Waals surface area contributed by atoms with Crippen LogP contribution in [0.15, 0.2) is 40.9 Å². The van der Waals surface area contributed by atoms with Crippen molar-refractivity contribution < 1.29 is 27.9 Å². The van der Waals surface area contributed by atoms with Crippen LogP contribution in [0.3, 0.4) is 0 Å². The highest BCUT2D eigenvalue weighted by molar-refractivity contribution is 9.10. The van der Waals surface area contributed by atoms with E-state index in [1.165, 1.54) is 22.9 Å². The third-order valence-electron chi connectivity index (χ3n) is 5.51. The first kappa shape index (κ1) is 24.7. The first-order chi connectivity index (χ1) is 14.9. The number of benzene rings is 2. The Kier molecular flexibility index (Phi) is 7.31. The monoisotopic (exact) mass is 552 g/mol. The molecule has 1 aliphatic heterocycles. The van der Waals surface area contributed by atoms with Gasteiger partial charge in [-0.2, -0.15) is 13.2 Å². The number of halogens is 6. The third-order valence-corrected chi connectivity index (χ3v) is 6.71. The zero-order valence-corrected chi connectivity index (χ0v) is 19.8. The highest BCUT2D eigenvalue weighted by atomic mass is 79.9. The molecule has 32 heavy (non-hydrogen) atoms. The molecule has 0 aliphatic carbocycles. The number of hydrogen-bond donors (Lipinski definition) is 1. The van der Waals surface area contributed by atoms with E-state index in [9.17, 15) is 27.9 Å². The second-order valence-corrected chi connectivity index (χ2v) is 9.24. The quantitative estimate of drug-likeness (QED) is 0.479. The summed E-state index contributed by atoms with van der Waals surface area (Å²) in [5, 5.41) is 10.1. The number of amides is 2. The minimum Gasteiger partial charge on any atom is -0.465 e. The lowest BCUT2D eigenvalue weighted by molar-refractivity contribution is -0.137. The lowest BCUT2D eigenvalue weighted by Crippen LogP contribution is -2.51. The molecule has 2 aromatic carbocycles. The molecular formula is C21H18BrCl2F3N2O3. The molecule has 1 heterocycles. The maximum Gasteiger partial charge on any atom is 0.416 e. The summed E-state index contributed by atoms with van der Waals surface area (Å²) in [5.74, 6) is -1.05. The number of carbonyl (C=O) groups is 2. The second kappa shape index (κ2) is 9.49. The number of likely N-dealkylation sites (tertiary alicyclic amines) is 1. The van der Waals surface area contributed by atoms with Crippen LogP contribution in [-0.2, 0) is 6.18 Å². The first-order valence-electron chi connectivity index (χ1n) is 9.46. The summed E-state index contributed by atoms with van der Waals surface area (Å²) >= 11 is 15.2. The van der Waals surface area contributed by atoms with Crippen molar-refractivity contribution >= 4 is 51.1 Å². The van der Waals surface area contributed by atoms with E-state index >= 15 is 0 Å². The largest absolute Gasteiger partial charge is 0.465 e.